The third kappa shape index (κ3) is 3.46. The lowest BCUT2D eigenvalue weighted by Gasteiger charge is -2.20. The van der Waals surface area contributed by atoms with Crippen LogP contribution >= 0.6 is 0 Å². The summed E-state index contributed by atoms with van der Waals surface area (Å²) in [6.07, 6.45) is 3.71. The maximum atomic E-state index is 9.33. The zero-order valence-electron chi connectivity index (χ0n) is 12.4. The van der Waals surface area contributed by atoms with Gasteiger partial charge in [0.1, 0.15) is 6.07 Å². The topological polar surface area (TPSA) is 53.6 Å². The maximum absolute atomic E-state index is 9.33. The van der Waals surface area contributed by atoms with Gasteiger partial charge in [-0.3, -0.25) is 0 Å². The number of nitrogens with zero attached hydrogens (tertiary/aromatic N) is 3. The SMILES string of the molecule is Cc1cnn(-c2ccc(CNC(C)(C)C)cc2C#N)c1. The summed E-state index contributed by atoms with van der Waals surface area (Å²) in [5, 5.41) is 17.0. The van der Waals surface area contributed by atoms with Crippen molar-refractivity contribution in [2.75, 3.05) is 0 Å². The van der Waals surface area contributed by atoms with E-state index in [9.17, 15) is 5.26 Å². The molecule has 4 nitrogen and oxygen atoms in total. The molecule has 2 aromatic rings. The monoisotopic (exact) mass is 268 g/mol. The fourth-order valence-electron chi connectivity index (χ4n) is 1.89. The Labute approximate surface area is 120 Å². The Balaban J connectivity index is 2.27. The van der Waals surface area contributed by atoms with Gasteiger partial charge in [0.25, 0.3) is 0 Å². The maximum Gasteiger partial charge on any atom is 0.101 e. The number of aryl methyl sites for hydroxylation is 1. The van der Waals surface area contributed by atoms with Gasteiger partial charge in [-0.25, -0.2) is 4.68 Å². The minimum Gasteiger partial charge on any atom is -0.308 e. The molecule has 1 heterocycles. The van der Waals surface area contributed by atoms with E-state index in [1.54, 1.807) is 10.9 Å². The van der Waals surface area contributed by atoms with E-state index in [2.05, 4.69) is 37.3 Å². The van der Waals surface area contributed by atoms with Crippen LogP contribution in [0.3, 0.4) is 0 Å². The smallest absolute Gasteiger partial charge is 0.101 e. The molecule has 0 amide bonds. The minimum atomic E-state index is 0.0601. The van der Waals surface area contributed by atoms with Crippen LogP contribution < -0.4 is 5.32 Å². The normalized spacial score (nSPS) is 11.3. The minimum absolute atomic E-state index is 0.0601. The molecule has 0 fully saturated rings. The summed E-state index contributed by atoms with van der Waals surface area (Å²) in [5.41, 5.74) is 3.70. The summed E-state index contributed by atoms with van der Waals surface area (Å²) in [4.78, 5) is 0. The molecule has 2 rings (SSSR count). The van der Waals surface area contributed by atoms with Gasteiger partial charge in [0, 0.05) is 18.3 Å². The van der Waals surface area contributed by atoms with Gasteiger partial charge in [-0.2, -0.15) is 10.4 Å². The molecule has 0 unspecified atom stereocenters. The first-order valence-electron chi connectivity index (χ1n) is 6.69. The van der Waals surface area contributed by atoms with Crippen molar-refractivity contribution in [3.8, 4) is 11.8 Å². The molecule has 0 bridgehead atoms. The summed E-state index contributed by atoms with van der Waals surface area (Å²) in [6, 6.07) is 8.16. The van der Waals surface area contributed by atoms with E-state index in [4.69, 9.17) is 0 Å². The van der Waals surface area contributed by atoms with Gasteiger partial charge >= 0.3 is 0 Å². The van der Waals surface area contributed by atoms with Crippen LogP contribution in [0, 0.1) is 18.3 Å². The number of hydrogen-bond donors (Lipinski definition) is 1. The number of aromatic nitrogens is 2. The number of rotatable bonds is 3. The van der Waals surface area contributed by atoms with Crippen LogP contribution in [-0.2, 0) is 6.54 Å². The summed E-state index contributed by atoms with van der Waals surface area (Å²) >= 11 is 0. The second kappa shape index (κ2) is 5.48. The van der Waals surface area contributed by atoms with Gasteiger partial charge < -0.3 is 5.32 Å². The largest absolute Gasteiger partial charge is 0.308 e. The molecule has 0 aliphatic heterocycles. The molecular weight excluding hydrogens is 248 g/mol. The molecule has 0 radical (unpaired) electrons. The lowest BCUT2D eigenvalue weighted by atomic mass is 10.1. The highest BCUT2D eigenvalue weighted by molar-refractivity contribution is 5.50. The van der Waals surface area contributed by atoms with Crippen LogP contribution in [0.4, 0.5) is 0 Å². The fourth-order valence-corrected chi connectivity index (χ4v) is 1.89. The van der Waals surface area contributed by atoms with Gasteiger partial charge in [-0.15, -0.1) is 0 Å². The first-order valence-corrected chi connectivity index (χ1v) is 6.69. The third-order valence-corrected chi connectivity index (χ3v) is 2.96. The van der Waals surface area contributed by atoms with Crippen molar-refractivity contribution in [2.24, 2.45) is 0 Å². The molecule has 20 heavy (non-hydrogen) atoms. The van der Waals surface area contributed by atoms with E-state index in [0.717, 1.165) is 23.4 Å². The average molecular weight is 268 g/mol. The Morgan fingerprint density at radius 2 is 2.10 bits per heavy atom. The molecule has 1 N–H and O–H groups in total. The highest BCUT2D eigenvalue weighted by Gasteiger charge is 2.10. The van der Waals surface area contributed by atoms with Gasteiger partial charge in [-0.05, 0) is 51.0 Å². The van der Waals surface area contributed by atoms with Crippen LogP contribution in [-0.4, -0.2) is 15.3 Å². The Morgan fingerprint density at radius 1 is 1.35 bits per heavy atom. The molecule has 1 aromatic carbocycles. The van der Waals surface area contributed by atoms with Gasteiger partial charge in [0.15, 0.2) is 0 Å². The third-order valence-electron chi connectivity index (χ3n) is 2.96. The van der Waals surface area contributed by atoms with Crippen LogP contribution in [0.1, 0.15) is 37.5 Å². The molecule has 0 spiro atoms. The zero-order chi connectivity index (χ0) is 14.8. The molecule has 0 aliphatic rings. The van der Waals surface area contributed by atoms with E-state index in [1.807, 2.05) is 31.3 Å². The fraction of sp³-hybridized carbons (Fsp3) is 0.375. The Bertz CT molecular complexity index is 641. The Kier molecular flexibility index (Phi) is 3.91. The first kappa shape index (κ1) is 14.3. The molecule has 0 saturated heterocycles. The predicted molar refractivity (Wildman–Crippen MR) is 79.6 cm³/mol. The summed E-state index contributed by atoms with van der Waals surface area (Å²) < 4.78 is 1.74. The zero-order valence-corrected chi connectivity index (χ0v) is 12.4. The van der Waals surface area contributed by atoms with Crippen LogP contribution in [0.5, 0.6) is 0 Å². The van der Waals surface area contributed by atoms with Gasteiger partial charge in [0.05, 0.1) is 17.4 Å². The molecule has 1 aromatic heterocycles. The van der Waals surface area contributed by atoms with Crippen molar-refractivity contribution in [1.29, 1.82) is 5.26 Å². The van der Waals surface area contributed by atoms with E-state index in [0.29, 0.717) is 5.56 Å². The molecule has 0 saturated carbocycles. The standard InChI is InChI=1S/C16H20N4/c1-12-9-19-20(11-12)15-6-5-13(7-14(15)8-17)10-18-16(2,3)4/h5-7,9,11,18H,10H2,1-4H3. The lowest BCUT2D eigenvalue weighted by molar-refractivity contribution is 0.424. The van der Waals surface area contributed by atoms with Crippen molar-refractivity contribution in [2.45, 2.75) is 39.8 Å². The number of nitriles is 1. The van der Waals surface area contributed by atoms with Crippen LogP contribution in [0.2, 0.25) is 0 Å². The van der Waals surface area contributed by atoms with E-state index < -0.39 is 0 Å². The van der Waals surface area contributed by atoms with Gasteiger partial charge in [0.2, 0.25) is 0 Å². The molecule has 104 valence electrons. The van der Waals surface area contributed by atoms with Crippen molar-refractivity contribution >= 4 is 0 Å². The van der Waals surface area contributed by atoms with Crippen LogP contribution in [0.25, 0.3) is 5.69 Å². The first-order chi connectivity index (χ1) is 9.39. The number of hydrogen-bond acceptors (Lipinski definition) is 3. The average Bonchev–Trinajstić information content (AvgIpc) is 2.81. The van der Waals surface area contributed by atoms with Crippen molar-refractivity contribution in [3.05, 3.63) is 47.3 Å². The molecule has 0 atom stereocenters. The van der Waals surface area contributed by atoms with Crippen molar-refractivity contribution < 1.29 is 0 Å². The Morgan fingerprint density at radius 3 is 2.65 bits per heavy atom. The van der Waals surface area contributed by atoms with Crippen molar-refractivity contribution in [3.63, 3.8) is 0 Å². The van der Waals surface area contributed by atoms with Gasteiger partial charge in [-0.1, -0.05) is 6.07 Å². The van der Waals surface area contributed by atoms with E-state index >= 15 is 0 Å². The number of nitrogens with one attached hydrogen (secondary N) is 1. The molecule has 0 aliphatic carbocycles. The lowest BCUT2D eigenvalue weighted by Crippen LogP contribution is -2.35. The number of benzene rings is 1. The van der Waals surface area contributed by atoms with Crippen molar-refractivity contribution in [1.82, 2.24) is 15.1 Å². The molecule has 4 heteroatoms. The summed E-state index contributed by atoms with van der Waals surface area (Å²) in [6.45, 7) is 9.10. The Hall–Kier alpha value is -2.12. The highest BCUT2D eigenvalue weighted by Crippen LogP contribution is 2.16. The summed E-state index contributed by atoms with van der Waals surface area (Å²) in [7, 11) is 0. The quantitative estimate of drug-likeness (QED) is 0.931. The highest BCUT2D eigenvalue weighted by atomic mass is 15.3. The summed E-state index contributed by atoms with van der Waals surface area (Å²) in [5.74, 6) is 0. The second-order valence-corrected chi connectivity index (χ2v) is 6.03. The predicted octanol–water partition coefficient (Wildman–Crippen LogP) is 2.94. The van der Waals surface area contributed by atoms with E-state index in [1.165, 1.54) is 0 Å². The van der Waals surface area contributed by atoms with E-state index in [-0.39, 0.29) is 5.54 Å². The van der Waals surface area contributed by atoms with Crippen LogP contribution in [0.15, 0.2) is 30.6 Å². The molecular formula is C16H20N4. The second-order valence-electron chi connectivity index (χ2n) is 6.03.